The standard InChI is InChI=1S/C12H10N4O/c1-2-7(1)11-15-16-12(17-11)9-4-6-14-10-8(9)3-5-13-10/h3-7H,1-2H2,(H,13,14). The van der Waals surface area contributed by atoms with Crippen molar-refractivity contribution < 1.29 is 4.42 Å². The summed E-state index contributed by atoms with van der Waals surface area (Å²) < 4.78 is 5.71. The summed E-state index contributed by atoms with van der Waals surface area (Å²) in [5.74, 6) is 1.83. The smallest absolute Gasteiger partial charge is 0.248 e. The Kier molecular flexibility index (Phi) is 1.66. The summed E-state index contributed by atoms with van der Waals surface area (Å²) in [7, 11) is 0. The van der Waals surface area contributed by atoms with E-state index in [-0.39, 0.29) is 0 Å². The fourth-order valence-electron chi connectivity index (χ4n) is 1.99. The van der Waals surface area contributed by atoms with Crippen LogP contribution >= 0.6 is 0 Å². The van der Waals surface area contributed by atoms with Crippen molar-refractivity contribution in [2.45, 2.75) is 18.8 Å². The molecule has 1 aliphatic carbocycles. The zero-order chi connectivity index (χ0) is 11.2. The van der Waals surface area contributed by atoms with Crippen LogP contribution in [-0.4, -0.2) is 20.2 Å². The lowest BCUT2D eigenvalue weighted by Crippen LogP contribution is -1.81. The van der Waals surface area contributed by atoms with Gasteiger partial charge in [-0.2, -0.15) is 0 Å². The molecule has 1 aliphatic rings. The summed E-state index contributed by atoms with van der Waals surface area (Å²) in [5.41, 5.74) is 1.78. The number of pyridine rings is 1. The average molecular weight is 226 g/mol. The maximum atomic E-state index is 5.71. The Labute approximate surface area is 96.9 Å². The van der Waals surface area contributed by atoms with E-state index < -0.39 is 0 Å². The Morgan fingerprint density at radius 2 is 2.18 bits per heavy atom. The van der Waals surface area contributed by atoms with Gasteiger partial charge in [0.25, 0.3) is 0 Å². The van der Waals surface area contributed by atoms with Gasteiger partial charge in [0.1, 0.15) is 5.65 Å². The molecule has 0 unspecified atom stereocenters. The molecule has 0 spiro atoms. The first-order chi connectivity index (χ1) is 8.42. The van der Waals surface area contributed by atoms with Gasteiger partial charge in [-0.05, 0) is 25.0 Å². The molecule has 3 heterocycles. The van der Waals surface area contributed by atoms with Gasteiger partial charge in [-0.1, -0.05) is 0 Å². The van der Waals surface area contributed by atoms with E-state index >= 15 is 0 Å². The molecule has 5 heteroatoms. The van der Waals surface area contributed by atoms with Crippen molar-refractivity contribution in [1.29, 1.82) is 0 Å². The van der Waals surface area contributed by atoms with Crippen LogP contribution in [0.25, 0.3) is 22.5 Å². The highest BCUT2D eigenvalue weighted by Crippen LogP contribution is 2.40. The lowest BCUT2D eigenvalue weighted by atomic mass is 10.2. The highest BCUT2D eigenvalue weighted by molar-refractivity contribution is 5.90. The number of H-pyrrole nitrogens is 1. The molecule has 4 rings (SSSR count). The molecular weight excluding hydrogens is 216 g/mol. The summed E-state index contributed by atoms with van der Waals surface area (Å²) >= 11 is 0. The highest BCUT2D eigenvalue weighted by atomic mass is 16.4. The topological polar surface area (TPSA) is 67.6 Å². The van der Waals surface area contributed by atoms with E-state index in [4.69, 9.17) is 4.42 Å². The van der Waals surface area contributed by atoms with Crippen molar-refractivity contribution >= 4 is 11.0 Å². The van der Waals surface area contributed by atoms with Gasteiger partial charge >= 0.3 is 0 Å². The molecule has 5 nitrogen and oxygen atoms in total. The molecule has 0 bridgehead atoms. The molecule has 84 valence electrons. The van der Waals surface area contributed by atoms with E-state index in [9.17, 15) is 0 Å². The Morgan fingerprint density at radius 1 is 1.24 bits per heavy atom. The third-order valence-electron chi connectivity index (χ3n) is 3.06. The summed E-state index contributed by atoms with van der Waals surface area (Å²) in [5, 5.41) is 9.23. The predicted octanol–water partition coefficient (Wildman–Crippen LogP) is 2.49. The molecule has 0 radical (unpaired) electrons. The number of nitrogens with zero attached hydrogens (tertiary/aromatic N) is 3. The predicted molar refractivity (Wildman–Crippen MR) is 61.4 cm³/mol. The SMILES string of the molecule is c1cc(-c2nnc(C3CC3)o2)c2cc[nH]c2n1. The van der Waals surface area contributed by atoms with Crippen LogP contribution in [0.4, 0.5) is 0 Å². The fourth-order valence-corrected chi connectivity index (χ4v) is 1.99. The van der Waals surface area contributed by atoms with Crippen LogP contribution in [0.5, 0.6) is 0 Å². The van der Waals surface area contributed by atoms with Gasteiger partial charge < -0.3 is 9.40 Å². The first-order valence-corrected chi connectivity index (χ1v) is 5.68. The van der Waals surface area contributed by atoms with Crippen LogP contribution < -0.4 is 0 Å². The molecule has 17 heavy (non-hydrogen) atoms. The monoisotopic (exact) mass is 226 g/mol. The summed E-state index contributed by atoms with van der Waals surface area (Å²) in [6.07, 6.45) is 5.93. The molecular formula is C12H10N4O. The Bertz CT molecular complexity index is 680. The summed E-state index contributed by atoms with van der Waals surface area (Å²) in [6.45, 7) is 0. The number of aromatic amines is 1. The number of nitrogens with one attached hydrogen (secondary N) is 1. The number of aromatic nitrogens is 4. The van der Waals surface area contributed by atoms with Gasteiger partial charge in [0, 0.05) is 23.7 Å². The Hall–Kier alpha value is -2.17. The van der Waals surface area contributed by atoms with Crippen molar-refractivity contribution in [2.75, 3.05) is 0 Å². The van der Waals surface area contributed by atoms with Crippen molar-refractivity contribution in [3.8, 4) is 11.5 Å². The van der Waals surface area contributed by atoms with Gasteiger partial charge in [0.15, 0.2) is 0 Å². The Balaban J connectivity index is 1.88. The second-order valence-corrected chi connectivity index (χ2v) is 4.32. The first kappa shape index (κ1) is 8.92. The van der Waals surface area contributed by atoms with Crippen molar-refractivity contribution in [3.63, 3.8) is 0 Å². The molecule has 0 aliphatic heterocycles. The van der Waals surface area contributed by atoms with E-state index in [1.807, 2.05) is 18.3 Å². The Morgan fingerprint density at radius 3 is 3.06 bits per heavy atom. The molecule has 1 N–H and O–H groups in total. The molecule has 0 aromatic carbocycles. The largest absolute Gasteiger partial charge is 0.420 e. The minimum atomic E-state index is 0.486. The van der Waals surface area contributed by atoms with E-state index in [1.165, 1.54) is 0 Å². The van der Waals surface area contributed by atoms with Crippen LogP contribution in [0.1, 0.15) is 24.7 Å². The second kappa shape index (κ2) is 3.16. The third-order valence-corrected chi connectivity index (χ3v) is 3.06. The molecule has 0 atom stereocenters. The van der Waals surface area contributed by atoms with Crippen LogP contribution in [0.15, 0.2) is 28.9 Å². The average Bonchev–Trinajstić information content (AvgIpc) is 2.93. The third kappa shape index (κ3) is 1.35. The molecule has 3 aromatic heterocycles. The number of rotatable bonds is 2. The lowest BCUT2D eigenvalue weighted by molar-refractivity contribution is 0.509. The second-order valence-electron chi connectivity index (χ2n) is 4.32. The van der Waals surface area contributed by atoms with Gasteiger partial charge in [0.05, 0.1) is 5.56 Å². The van der Waals surface area contributed by atoms with Gasteiger partial charge in [-0.3, -0.25) is 0 Å². The minimum absolute atomic E-state index is 0.486. The zero-order valence-corrected chi connectivity index (χ0v) is 9.05. The molecule has 3 aromatic rings. The van der Waals surface area contributed by atoms with Crippen LogP contribution in [0.2, 0.25) is 0 Å². The van der Waals surface area contributed by atoms with Crippen molar-refractivity contribution in [3.05, 3.63) is 30.4 Å². The maximum absolute atomic E-state index is 5.71. The zero-order valence-electron chi connectivity index (χ0n) is 9.05. The highest BCUT2D eigenvalue weighted by Gasteiger charge is 2.29. The molecule has 0 amide bonds. The van der Waals surface area contributed by atoms with Gasteiger partial charge in [-0.25, -0.2) is 4.98 Å². The first-order valence-electron chi connectivity index (χ1n) is 5.68. The lowest BCUT2D eigenvalue weighted by Gasteiger charge is -1.96. The van der Waals surface area contributed by atoms with Gasteiger partial charge in [0.2, 0.25) is 11.8 Å². The van der Waals surface area contributed by atoms with Crippen LogP contribution in [0, 0.1) is 0 Å². The van der Waals surface area contributed by atoms with E-state index in [0.29, 0.717) is 11.8 Å². The quantitative estimate of drug-likeness (QED) is 0.728. The van der Waals surface area contributed by atoms with E-state index in [1.54, 1.807) is 6.20 Å². The molecule has 0 saturated heterocycles. The van der Waals surface area contributed by atoms with E-state index in [2.05, 4.69) is 20.2 Å². The van der Waals surface area contributed by atoms with Crippen molar-refractivity contribution in [2.24, 2.45) is 0 Å². The van der Waals surface area contributed by atoms with E-state index in [0.717, 1.165) is 35.3 Å². The van der Waals surface area contributed by atoms with Crippen LogP contribution in [0.3, 0.4) is 0 Å². The number of hydrogen-bond donors (Lipinski definition) is 1. The molecule has 1 fully saturated rings. The minimum Gasteiger partial charge on any atom is -0.420 e. The summed E-state index contributed by atoms with van der Waals surface area (Å²) in [6, 6.07) is 3.87. The van der Waals surface area contributed by atoms with Crippen LogP contribution in [-0.2, 0) is 0 Å². The maximum Gasteiger partial charge on any atom is 0.248 e. The number of fused-ring (bicyclic) bond motifs is 1. The number of hydrogen-bond acceptors (Lipinski definition) is 4. The molecule has 1 saturated carbocycles. The van der Waals surface area contributed by atoms with Gasteiger partial charge in [-0.15, -0.1) is 10.2 Å². The fraction of sp³-hybridized carbons (Fsp3) is 0.250. The van der Waals surface area contributed by atoms with Crippen molar-refractivity contribution in [1.82, 2.24) is 20.2 Å². The summed E-state index contributed by atoms with van der Waals surface area (Å²) in [4.78, 5) is 7.31. The normalized spacial score (nSPS) is 15.5.